The lowest BCUT2D eigenvalue weighted by molar-refractivity contribution is -0.139. The van der Waals surface area contributed by atoms with Gasteiger partial charge in [0.25, 0.3) is 0 Å². The highest BCUT2D eigenvalue weighted by molar-refractivity contribution is 6.32. The van der Waals surface area contributed by atoms with Crippen LogP contribution in [-0.2, 0) is 11.3 Å². The third-order valence-corrected chi connectivity index (χ3v) is 9.80. The molecular formula is C41H36ClN7O3. The van der Waals surface area contributed by atoms with E-state index in [1.165, 1.54) is 0 Å². The number of aliphatic carboxylic acids is 1. The summed E-state index contributed by atoms with van der Waals surface area (Å²) in [5.41, 5.74) is 8.24. The molecule has 10 nitrogen and oxygen atoms in total. The fourth-order valence-corrected chi connectivity index (χ4v) is 7.25. The number of nitrogens with zero attached hydrogens (tertiary/aromatic N) is 6. The number of aromatic hydroxyl groups is 1. The van der Waals surface area contributed by atoms with Gasteiger partial charge in [0.1, 0.15) is 23.4 Å². The molecule has 11 heteroatoms. The molecule has 1 saturated heterocycles. The van der Waals surface area contributed by atoms with E-state index in [0.717, 1.165) is 51.9 Å². The number of benzene rings is 2. The number of piperidine rings is 1. The zero-order valence-electron chi connectivity index (χ0n) is 28.7. The number of fused-ring (bicyclic) bond motifs is 1. The first-order valence-corrected chi connectivity index (χ1v) is 17.4. The monoisotopic (exact) mass is 709 g/mol. The van der Waals surface area contributed by atoms with Crippen molar-refractivity contribution in [3.05, 3.63) is 124 Å². The van der Waals surface area contributed by atoms with Crippen molar-refractivity contribution < 1.29 is 15.0 Å². The van der Waals surface area contributed by atoms with E-state index in [1.807, 2.05) is 78.1 Å². The Morgan fingerprint density at radius 3 is 2.69 bits per heavy atom. The molecule has 2 aromatic carbocycles. The Kier molecular flexibility index (Phi) is 9.61. The first-order valence-electron chi connectivity index (χ1n) is 17.0. The second kappa shape index (κ2) is 14.6. The van der Waals surface area contributed by atoms with E-state index in [1.54, 1.807) is 36.9 Å². The molecule has 0 spiro atoms. The number of carboxylic acids is 1. The lowest BCUT2D eigenvalue weighted by Gasteiger charge is -2.36. The lowest BCUT2D eigenvalue weighted by atomic mass is 9.94. The molecule has 5 heterocycles. The molecule has 1 atom stereocenters. The lowest BCUT2D eigenvalue weighted by Crippen LogP contribution is -2.45. The van der Waals surface area contributed by atoms with Crippen molar-refractivity contribution in [3.8, 4) is 22.9 Å². The average molecular weight is 710 g/mol. The van der Waals surface area contributed by atoms with Crippen LogP contribution < -0.4 is 10.2 Å². The summed E-state index contributed by atoms with van der Waals surface area (Å²) in [6.07, 6.45) is 14.7. The molecular weight excluding hydrogens is 674 g/mol. The number of aryl methyl sites for hydroxylation is 2. The van der Waals surface area contributed by atoms with Crippen LogP contribution in [0, 0.1) is 25.2 Å². The minimum Gasteiger partial charge on any atom is -0.506 e. The topological polar surface area (TPSA) is 140 Å². The molecule has 1 fully saturated rings. The molecule has 0 amide bonds. The Hall–Kier alpha value is -6.18. The maximum Gasteiger partial charge on any atom is 0.326 e. The smallest absolute Gasteiger partial charge is 0.326 e. The molecule has 0 aliphatic carbocycles. The predicted molar refractivity (Wildman–Crippen MR) is 205 cm³/mol. The summed E-state index contributed by atoms with van der Waals surface area (Å²) < 4.78 is 1.89. The van der Waals surface area contributed by atoms with Crippen LogP contribution in [0.5, 0.6) is 5.75 Å². The van der Waals surface area contributed by atoms with Crippen LogP contribution >= 0.6 is 11.6 Å². The van der Waals surface area contributed by atoms with Gasteiger partial charge in [0.05, 0.1) is 11.3 Å². The van der Waals surface area contributed by atoms with Gasteiger partial charge in [-0.2, -0.15) is 5.26 Å². The van der Waals surface area contributed by atoms with E-state index in [9.17, 15) is 20.3 Å². The van der Waals surface area contributed by atoms with Crippen LogP contribution in [0.4, 0.5) is 17.2 Å². The van der Waals surface area contributed by atoms with E-state index in [-0.39, 0.29) is 5.75 Å². The normalized spacial score (nSPS) is 14.5. The van der Waals surface area contributed by atoms with Gasteiger partial charge in [0.2, 0.25) is 0 Å². The summed E-state index contributed by atoms with van der Waals surface area (Å²) >= 11 is 6.71. The number of pyridine rings is 3. The maximum absolute atomic E-state index is 12.1. The Labute approximate surface area is 306 Å². The van der Waals surface area contributed by atoms with Crippen LogP contribution in [0.25, 0.3) is 34.2 Å². The molecule has 4 aromatic heterocycles. The standard InChI is InChI=1S/C41H36ClN7O3/c1-25-6-5-7-35(47-40-39-29(11-14-45-40)19-27(22-46-39)23-48-17-13-30(50)24-48)38(25)31-12-15-44-34(32(31)21-43)10-9-28-20-37(26(2)18-33(28)42)49-16-4-3-8-36(49)41(51)52/h5-7,9-15,17-20,22,24,36,50H,3-4,8,16,23H2,1-2H3,(H,45,47)(H,51,52)/b10-9+/t36-/m0/s1. The number of hydrogen-bond donors (Lipinski definition) is 3. The van der Waals surface area contributed by atoms with Gasteiger partial charge in [0.15, 0.2) is 5.82 Å². The molecule has 260 valence electrons. The third-order valence-electron chi connectivity index (χ3n) is 9.48. The van der Waals surface area contributed by atoms with Gasteiger partial charge in [-0.25, -0.2) is 9.78 Å². The second-order valence-electron chi connectivity index (χ2n) is 13.0. The number of halogens is 1. The number of carboxylic acid groups (broad SMARTS) is 1. The first kappa shape index (κ1) is 34.3. The highest BCUT2D eigenvalue weighted by Crippen LogP contribution is 2.38. The quantitative estimate of drug-likeness (QED) is 0.134. The van der Waals surface area contributed by atoms with Crippen molar-refractivity contribution in [2.75, 3.05) is 16.8 Å². The molecule has 1 aliphatic heterocycles. The Bertz CT molecular complexity index is 2400. The zero-order valence-corrected chi connectivity index (χ0v) is 29.5. The van der Waals surface area contributed by atoms with Gasteiger partial charge >= 0.3 is 5.97 Å². The van der Waals surface area contributed by atoms with Crippen LogP contribution in [0.1, 0.15) is 52.8 Å². The number of anilines is 3. The molecule has 0 radical (unpaired) electrons. The number of rotatable bonds is 9. The number of hydrogen-bond acceptors (Lipinski definition) is 8. The summed E-state index contributed by atoms with van der Waals surface area (Å²) in [7, 11) is 0. The van der Waals surface area contributed by atoms with Crippen LogP contribution in [0.2, 0.25) is 5.02 Å². The molecule has 6 aromatic rings. The number of carbonyl (C=O) groups is 1. The van der Waals surface area contributed by atoms with E-state index in [2.05, 4.69) is 27.4 Å². The maximum atomic E-state index is 12.1. The zero-order chi connectivity index (χ0) is 36.4. The van der Waals surface area contributed by atoms with Crippen molar-refractivity contribution in [2.24, 2.45) is 0 Å². The summed E-state index contributed by atoms with van der Waals surface area (Å²) in [6, 6.07) is 18.9. The van der Waals surface area contributed by atoms with Crippen molar-refractivity contribution in [1.82, 2.24) is 19.5 Å². The van der Waals surface area contributed by atoms with Gasteiger partial charge in [-0.05, 0) is 104 Å². The molecule has 52 heavy (non-hydrogen) atoms. The van der Waals surface area contributed by atoms with Crippen molar-refractivity contribution in [2.45, 2.75) is 45.7 Å². The van der Waals surface area contributed by atoms with Gasteiger partial charge in [-0.3, -0.25) is 9.97 Å². The van der Waals surface area contributed by atoms with Crippen LogP contribution in [-0.4, -0.2) is 48.3 Å². The summed E-state index contributed by atoms with van der Waals surface area (Å²) in [5, 5.41) is 35.1. The van der Waals surface area contributed by atoms with Crippen LogP contribution in [0.15, 0.2) is 85.6 Å². The molecule has 0 unspecified atom stereocenters. The summed E-state index contributed by atoms with van der Waals surface area (Å²) in [4.78, 5) is 28.0. The molecule has 7 rings (SSSR count). The van der Waals surface area contributed by atoms with E-state index >= 15 is 0 Å². The van der Waals surface area contributed by atoms with Crippen molar-refractivity contribution in [3.63, 3.8) is 0 Å². The fraction of sp³-hybridized carbons (Fsp3) is 0.195. The average Bonchev–Trinajstić information content (AvgIpc) is 3.55. The van der Waals surface area contributed by atoms with Crippen LogP contribution in [0.3, 0.4) is 0 Å². The Morgan fingerprint density at radius 1 is 1.06 bits per heavy atom. The molecule has 0 saturated carbocycles. The minimum atomic E-state index is -0.830. The fourth-order valence-electron chi connectivity index (χ4n) is 6.97. The van der Waals surface area contributed by atoms with Crippen molar-refractivity contribution >= 4 is 57.8 Å². The number of nitriles is 1. The molecule has 1 aliphatic rings. The van der Waals surface area contributed by atoms with Gasteiger partial charge < -0.3 is 25.0 Å². The Morgan fingerprint density at radius 2 is 1.90 bits per heavy atom. The SMILES string of the molecule is Cc1cc(Cl)c(/C=C/c2nccc(-c3c(C)cccc3Nc3nccc4cc(Cn5ccc(O)c5)cnc34)c2C#N)cc1N1CCCC[C@H]1C(=O)O. The van der Waals surface area contributed by atoms with Gasteiger partial charge in [-0.15, -0.1) is 0 Å². The minimum absolute atomic E-state index is 0.213. The number of nitrogens with one attached hydrogen (secondary N) is 1. The highest BCUT2D eigenvalue weighted by Gasteiger charge is 2.30. The Balaban J connectivity index is 1.22. The predicted octanol–water partition coefficient (Wildman–Crippen LogP) is 8.75. The molecule has 0 bridgehead atoms. The summed E-state index contributed by atoms with van der Waals surface area (Å²) in [6.45, 7) is 5.15. The second-order valence-corrected chi connectivity index (χ2v) is 13.4. The number of aromatic nitrogens is 4. The largest absolute Gasteiger partial charge is 0.506 e. The molecule has 3 N–H and O–H groups in total. The van der Waals surface area contributed by atoms with E-state index in [4.69, 9.17) is 16.6 Å². The van der Waals surface area contributed by atoms with Gasteiger partial charge in [0, 0.05) is 77.0 Å². The van der Waals surface area contributed by atoms with Crippen molar-refractivity contribution in [1.29, 1.82) is 5.26 Å². The third kappa shape index (κ3) is 6.91. The highest BCUT2D eigenvalue weighted by atomic mass is 35.5. The first-order chi connectivity index (χ1) is 25.2. The van der Waals surface area contributed by atoms with Gasteiger partial charge in [-0.1, -0.05) is 29.8 Å². The summed E-state index contributed by atoms with van der Waals surface area (Å²) in [5.74, 6) is -0.0420. The van der Waals surface area contributed by atoms with E-state index in [0.29, 0.717) is 58.3 Å². The van der Waals surface area contributed by atoms with E-state index < -0.39 is 12.0 Å².